The number of nitrogens with one attached hydrogen (secondary N) is 1. The summed E-state index contributed by atoms with van der Waals surface area (Å²) < 4.78 is 1.66. The second kappa shape index (κ2) is 5.45. The van der Waals surface area contributed by atoms with E-state index in [2.05, 4.69) is 10.3 Å². The third-order valence-corrected chi connectivity index (χ3v) is 2.34. The fourth-order valence-corrected chi connectivity index (χ4v) is 1.58. The van der Waals surface area contributed by atoms with Gasteiger partial charge in [0.15, 0.2) is 0 Å². The zero-order valence-corrected chi connectivity index (χ0v) is 9.80. The maximum atomic E-state index is 10.8. The van der Waals surface area contributed by atoms with Crippen LogP contribution in [0.25, 0.3) is 0 Å². The monoisotopic (exact) mass is 227 g/mol. The summed E-state index contributed by atoms with van der Waals surface area (Å²) in [4.78, 5) is 15.9. The third kappa shape index (κ3) is 2.69. The molecule has 0 fully saturated rings. The average Bonchev–Trinajstić information content (AvgIpc) is 2.60. The molecular formula is C9H17N5O2. The van der Waals surface area contributed by atoms with Crippen molar-refractivity contribution in [2.24, 2.45) is 7.05 Å². The molecule has 7 nitrogen and oxygen atoms in total. The molecule has 16 heavy (non-hydrogen) atoms. The van der Waals surface area contributed by atoms with E-state index in [9.17, 15) is 10.1 Å². The standard InChI is InChI=1S/C9H17N5O2/c1-10-5-4-6-12(2)9-8(14(15)16)11-7-13(9)3/h7,10H,4-6H2,1-3H3. The van der Waals surface area contributed by atoms with E-state index in [1.165, 1.54) is 6.33 Å². The molecule has 0 radical (unpaired) electrons. The number of hydrogen-bond acceptors (Lipinski definition) is 5. The highest BCUT2D eigenvalue weighted by Crippen LogP contribution is 2.24. The molecule has 1 rings (SSSR count). The maximum absolute atomic E-state index is 10.8. The van der Waals surface area contributed by atoms with Crippen molar-refractivity contribution < 1.29 is 4.92 Å². The molecule has 1 aromatic heterocycles. The molecule has 0 aromatic carbocycles. The Morgan fingerprint density at radius 3 is 2.94 bits per heavy atom. The van der Waals surface area contributed by atoms with Gasteiger partial charge < -0.3 is 20.3 Å². The molecule has 0 unspecified atom stereocenters. The SMILES string of the molecule is CNCCCN(C)c1c([N+](=O)[O-])ncn1C. The average molecular weight is 227 g/mol. The van der Waals surface area contributed by atoms with Crippen LogP contribution < -0.4 is 10.2 Å². The lowest BCUT2D eigenvalue weighted by atomic mass is 10.4. The molecule has 1 heterocycles. The predicted octanol–water partition coefficient (Wildman–Crippen LogP) is 0.374. The van der Waals surface area contributed by atoms with Crippen LogP contribution >= 0.6 is 0 Å². The van der Waals surface area contributed by atoms with E-state index >= 15 is 0 Å². The predicted molar refractivity (Wildman–Crippen MR) is 61.7 cm³/mol. The van der Waals surface area contributed by atoms with Crippen LogP contribution in [0.5, 0.6) is 0 Å². The van der Waals surface area contributed by atoms with Gasteiger partial charge in [0.05, 0.1) is 0 Å². The Labute approximate surface area is 94.2 Å². The minimum Gasteiger partial charge on any atom is -0.358 e. The van der Waals surface area contributed by atoms with Gasteiger partial charge in [-0.2, -0.15) is 0 Å². The van der Waals surface area contributed by atoms with Crippen molar-refractivity contribution in [2.75, 3.05) is 32.1 Å². The molecule has 0 bridgehead atoms. The van der Waals surface area contributed by atoms with Gasteiger partial charge in [-0.05, 0) is 29.9 Å². The van der Waals surface area contributed by atoms with E-state index < -0.39 is 4.92 Å². The van der Waals surface area contributed by atoms with Gasteiger partial charge in [0.2, 0.25) is 12.1 Å². The highest BCUT2D eigenvalue weighted by atomic mass is 16.6. The summed E-state index contributed by atoms with van der Waals surface area (Å²) in [6.45, 7) is 1.64. The Morgan fingerprint density at radius 1 is 1.69 bits per heavy atom. The molecule has 0 aliphatic rings. The smallest absolute Gasteiger partial charge is 0.358 e. The molecule has 7 heteroatoms. The van der Waals surface area contributed by atoms with Crippen LogP contribution in [-0.2, 0) is 7.05 Å². The molecule has 0 spiro atoms. The van der Waals surface area contributed by atoms with Crippen molar-refractivity contribution in [3.63, 3.8) is 0 Å². The number of hydrogen-bond donors (Lipinski definition) is 1. The summed E-state index contributed by atoms with van der Waals surface area (Å²) in [5, 5.41) is 13.8. The lowest BCUT2D eigenvalue weighted by molar-refractivity contribution is -0.388. The third-order valence-electron chi connectivity index (χ3n) is 2.34. The van der Waals surface area contributed by atoms with E-state index in [0.717, 1.165) is 19.5 Å². The highest BCUT2D eigenvalue weighted by Gasteiger charge is 2.22. The minimum atomic E-state index is -0.454. The fourth-order valence-electron chi connectivity index (χ4n) is 1.58. The quantitative estimate of drug-likeness (QED) is 0.432. The first kappa shape index (κ1) is 12.4. The van der Waals surface area contributed by atoms with E-state index in [4.69, 9.17) is 0 Å². The Morgan fingerprint density at radius 2 is 2.38 bits per heavy atom. The Bertz CT molecular complexity index is 363. The van der Waals surface area contributed by atoms with Crippen molar-refractivity contribution >= 4 is 11.6 Å². The molecule has 0 amide bonds. The van der Waals surface area contributed by atoms with Crippen molar-refractivity contribution in [1.82, 2.24) is 14.9 Å². The molecular weight excluding hydrogens is 210 g/mol. The topological polar surface area (TPSA) is 76.2 Å². The van der Waals surface area contributed by atoms with Crippen LogP contribution in [0.2, 0.25) is 0 Å². The first-order valence-electron chi connectivity index (χ1n) is 5.09. The maximum Gasteiger partial charge on any atom is 0.406 e. The number of rotatable bonds is 6. The molecule has 90 valence electrons. The van der Waals surface area contributed by atoms with Crippen molar-refractivity contribution in [3.8, 4) is 0 Å². The molecule has 1 N–H and O–H groups in total. The van der Waals surface area contributed by atoms with Crippen LogP contribution in [0.3, 0.4) is 0 Å². The number of nitrogens with zero attached hydrogens (tertiary/aromatic N) is 4. The molecule has 0 atom stereocenters. The minimum absolute atomic E-state index is 0.0885. The Hall–Kier alpha value is -1.63. The lowest BCUT2D eigenvalue weighted by Crippen LogP contribution is -2.24. The van der Waals surface area contributed by atoms with Crippen LogP contribution in [0, 0.1) is 10.1 Å². The zero-order valence-electron chi connectivity index (χ0n) is 9.80. The van der Waals surface area contributed by atoms with Crippen molar-refractivity contribution in [3.05, 3.63) is 16.4 Å². The summed E-state index contributed by atoms with van der Waals surface area (Å²) in [5.74, 6) is 0.454. The second-order valence-corrected chi connectivity index (χ2v) is 3.64. The summed E-state index contributed by atoms with van der Waals surface area (Å²) in [5.41, 5.74) is 0. The summed E-state index contributed by atoms with van der Waals surface area (Å²) in [7, 11) is 5.47. The zero-order chi connectivity index (χ0) is 12.1. The van der Waals surface area contributed by atoms with Crippen LogP contribution in [0.1, 0.15) is 6.42 Å². The van der Waals surface area contributed by atoms with Gasteiger partial charge in [0.1, 0.15) is 0 Å². The van der Waals surface area contributed by atoms with Crippen molar-refractivity contribution in [2.45, 2.75) is 6.42 Å². The molecule has 0 saturated heterocycles. The van der Waals surface area contributed by atoms with Gasteiger partial charge in [0, 0.05) is 20.6 Å². The number of aryl methyl sites for hydroxylation is 1. The van der Waals surface area contributed by atoms with E-state index in [1.54, 1.807) is 11.6 Å². The molecule has 0 aliphatic carbocycles. The summed E-state index contributed by atoms with van der Waals surface area (Å²) >= 11 is 0. The van der Waals surface area contributed by atoms with E-state index in [0.29, 0.717) is 5.82 Å². The summed E-state index contributed by atoms with van der Waals surface area (Å²) in [6.07, 6.45) is 2.39. The molecule has 1 aromatic rings. The van der Waals surface area contributed by atoms with Gasteiger partial charge >= 0.3 is 5.82 Å². The van der Waals surface area contributed by atoms with E-state index in [1.807, 2.05) is 19.0 Å². The Kier molecular flexibility index (Phi) is 4.24. The highest BCUT2D eigenvalue weighted by molar-refractivity contribution is 5.53. The number of imidazole rings is 1. The van der Waals surface area contributed by atoms with Gasteiger partial charge in [-0.15, -0.1) is 0 Å². The number of aromatic nitrogens is 2. The number of anilines is 1. The van der Waals surface area contributed by atoms with Crippen LogP contribution in [0.15, 0.2) is 6.33 Å². The van der Waals surface area contributed by atoms with Gasteiger partial charge in [0.25, 0.3) is 0 Å². The number of nitro groups is 1. The summed E-state index contributed by atoms with van der Waals surface area (Å²) in [6, 6.07) is 0. The van der Waals surface area contributed by atoms with Gasteiger partial charge in [-0.1, -0.05) is 0 Å². The van der Waals surface area contributed by atoms with E-state index in [-0.39, 0.29) is 5.82 Å². The first-order valence-corrected chi connectivity index (χ1v) is 5.09. The van der Waals surface area contributed by atoms with Crippen molar-refractivity contribution in [1.29, 1.82) is 0 Å². The van der Waals surface area contributed by atoms with Crippen LogP contribution in [-0.4, -0.2) is 41.7 Å². The first-order chi connectivity index (χ1) is 7.57. The Balaban J connectivity index is 2.77. The molecule has 0 saturated carbocycles. The molecule has 0 aliphatic heterocycles. The fraction of sp³-hybridized carbons (Fsp3) is 0.667. The largest absolute Gasteiger partial charge is 0.406 e. The normalized spacial score (nSPS) is 10.4. The van der Waals surface area contributed by atoms with Gasteiger partial charge in [-0.3, -0.25) is 4.57 Å². The second-order valence-electron chi connectivity index (χ2n) is 3.64. The van der Waals surface area contributed by atoms with Gasteiger partial charge in [-0.25, -0.2) is 0 Å². The lowest BCUT2D eigenvalue weighted by Gasteiger charge is -2.17. The van der Waals surface area contributed by atoms with Crippen LogP contribution in [0.4, 0.5) is 11.6 Å².